The summed E-state index contributed by atoms with van der Waals surface area (Å²) in [5.41, 5.74) is 6.35. The van der Waals surface area contributed by atoms with Gasteiger partial charge in [-0.15, -0.1) is 0 Å². The Morgan fingerprint density at radius 2 is 1.90 bits per heavy atom. The Hall–Kier alpha value is -0.0800. The number of nitrogens with one attached hydrogen (secondary N) is 2. The molecule has 0 spiro atoms. The number of hydrogen-bond acceptors (Lipinski definition) is 2. The van der Waals surface area contributed by atoms with Crippen molar-refractivity contribution >= 4 is 0 Å². The van der Waals surface area contributed by atoms with E-state index in [1.807, 2.05) is 0 Å². The second kappa shape index (κ2) is 4.69. The molecule has 1 aliphatic carbocycles. The van der Waals surface area contributed by atoms with Gasteiger partial charge in [-0.2, -0.15) is 0 Å². The van der Waals surface area contributed by atoms with Crippen molar-refractivity contribution in [2.75, 3.05) is 13.1 Å². The van der Waals surface area contributed by atoms with Crippen molar-refractivity contribution in [3.8, 4) is 0 Å². The fourth-order valence-corrected chi connectivity index (χ4v) is 1.56. The fraction of sp³-hybridized carbons (Fsp3) is 1.00. The van der Waals surface area contributed by atoms with Crippen LogP contribution in [-0.2, 0) is 0 Å². The van der Waals surface area contributed by atoms with Gasteiger partial charge in [0.2, 0.25) is 0 Å². The van der Waals surface area contributed by atoms with Gasteiger partial charge >= 0.3 is 0 Å². The molecule has 2 heteroatoms. The highest BCUT2D eigenvalue weighted by Gasteiger charge is 2.13. The predicted octanol–water partition coefficient (Wildman–Crippen LogP) is 1.29. The molecule has 0 aromatic carbocycles. The minimum absolute atomic E-state index is 0.944. The number of rotatable bonds is 4. The fourth-order valence-electron chi connectivity index (χ4n) is 1.56. The summed E-state index contributed by atoms with van der Waals surface area (Å²) >= 11 is 0. The molecule has 0 unspecified atom stereocenters. The summed E-state index contributed by atoms with van der Waals surface area (Å²) in [4.78, 5) is 0. The lowest BCUT2D eigenvalue weighted by Gasteiger charge is -2.09. The van der Waals surface area contributed by atoms with Crippen LogP contribution in [0.1, 0.15) is 32.6 Å². The highest BCUT2D eigenvalue weighted by atomic mass is 15.3. The second-order valence-electron chi connectivity index (χ2n) is 3.06. The Balaban J connectivity index is 1.91. The van der Waals surface area contributed by atoms with Crippen LogP contribution in [0.5, 0.6) is 0 Å². The highest BCUT2D eigenvalue weighted by molar-refractivity contribution is 4.68. The smallest absolute Gasteiger partial charge is 0.0128 e. The van der Waals surface area contributed by atoms with Crippen molar-refractivity contribution in [1.29, 1.82) is 0 Å². The Kier molecular flexibility index (Phi) is 3.76. The van der Waals surface area contributed by atoms with Crippen LogP contribution < -0.4 is 10.9 Å². The average Bonchev–Trinajstić information content (AvgIpc) is 2.41. The molecule has 60 valence electrons. The molecule has 1 aliphatic rings. The molecular weight excluding hydrogens is 124 g/mol. The molecule has 0 heterocycles. The number of hydrogen-bond donors (Lipinski definition) is 2. The second-order valence-corrected chi connectivity index (χ2v) is 3.06. The van der Waals surface area contributed by atoms with Crippen LogP contribution in [0.15, 0.2) is 0 Å². The Labute approximate surface area is 63.4 Å². The summed E-state index contributed by atoms with van der Waals surface area (Å²) in [6, 6.07) is 0. The van der Waals surface area contributed by atoms with E-state index in [1.165, 1.54) is 25.7 Å². The summed E-state index contributed by atoms with van der Waals surface area (Å²) in [7, 11) is 0. The molecule has 0 amide bonds. The molecule has 0 aromatic heterocycles. The van der Waals surface area contributed by atoms with Crippen LogP contribution in [0.4, 0.5) is 0 Å². The van der Waals surface area contributed by atoms with Crippen molar-refractivity contribution < 1.29 is 0 Å². The zero-order valence-electron chi connectivity index (χ0n) is 6.82. The quantitative estimate of drug-likeness (QED) is 0.456. The van der Waals surface area contributed by atoms with Gasteiger partial charge in [0.05, 0.1) is 0 Å². The number of hydrazine groups is 1. The van der Waals surface area contributed by atoms with E-state index in [9.17, 15) is 0 Å². The Bertz CT molecular complexity index is 77.3. The van der Waals surface area contributed by atoms with E-state index in [0.717, 1.165) is 19.0 Å². The van der Waals surface area contributed by atoms with Gasteiger partial charge in [-0.1, -0.05) is 19.8 Å². The monoisotopic (exact) mass is 142 g/mol. The van der Waals surface area contributed by atoms with E-state index in [-0.39, 0.29) is 0 Å². The normalized spacial score (nSPS) is 20.1. The Morgan fingerprint density at radius 3 is 2.50 bits per heavy atom. The third-order valence-corrected chi connectivity index (χ3v) is 2.17. The van der Waals surface area contributed by atoms with Crippen LogP contribution in [-0.4, -0.2) is 13.1 Å². The van der Waals surface area contributed by atoms with Gasteiger partial charge in [-0.3, -0.25) is 10.9 Å². The largest absolute Gasteiger partial charge is 0.258 e. The molecule has 0 saturated heterocycles. The molecule has 2 N–H and O–H groups in total. The first-order chi connectivity index (χ1) is 4.93. The van der Waals surface area contributed by atoms with Crippen LogP contribution in [0.3, 0.4) is 0 Å². The molecule has 0 radical (unpaired) electrons. The lowest BCUT2D eigenvalue weighted by atomic mass is 10.1. The summed E-state index contributed by atoms with van der Waals surface area (Å²) in [6.07, 6.45) is 5.74. The van der Waals surface area contributed by atoms with Crippen LogP contribution in [0.2, 0.25) is 0 Å². The maximum Gasteiger partial charge on any atom is 0.0128 e. The van der Waals surface area contributed by atoms with E-state index in [0.29, 0.717) is 0 Å². The van der Waals surface area contributed by atoms with Crippen LogP contribution >= 0.6 is 0 Å². The van der Waals surface area contributed by atoms with Crippen molar-refractivity contribution in [2.45, 2.75) is 32.6 Å². The highest BCUT2D eigenvalue weighted by Crippen LogP contribution is 2.23. The van der Waals surface area contributed by atoms with Crippen molar-refractivity contribution in [3.05, 3.63) is 0 Å². The first-order valence-electron chi connectivity index (χ1n) is 4.39. The molecule has 0 aromatic rings. The SMILES string of the molecule is CCNNCC1CCCC1. The first kappa shape index (κ1) is 8.02. The average molecular weight is 142 g/mol. The van der Waals surface area contributed by atoms with E-state index in [1.54, 1.807) is 0 Å². The van der Waals surface area contributed by atoms with E-state index >= 15 is 0 Å². The molecule has 1 fully saturated rings. The van der Waals surface area contributed by atoms with E-state index in [4.69, 9.17) is 0 Å². The van der Waals surface area contributed by atoms with E-state index < -0.39 is 0 Å². The Morgan fingerprint density at radius 1 is 1.20 bits per heavy atom. The summed E-state index contributed by atoms with van der Waals surface area (Å²) in [5.74, 6) is 0.944. The standard InChI is InChI=1S/C8H18N2/c1-2-9-10-7-8-5-3-4-6-8/h8-10H,2-7H2,1H3. The van der Waals surface area contributed by atoms with Crippen molar-refractivity contribution in [3.63, 3.8) is 0 Å². The lowest BCUT2D eigenvalue weighted by Crippen LogP contribution is -2.34. The van der Waals surface area contributed by atoms with Gasteiger partial charge in [0, 0.05) is 13.1 Å². The van der Waals surface area contributed by atoms with Crippen molar-refractivity contribution in [1.82, 2.24) is 10.9 Å². The molecule has 2 nitrogen and oxygen atoms in total. The van der Waals surface area contributed by atoms with Gasteiger partial charge < -0.3 is 0 Å². The maximum absolute atomic E-state index is 3.23. The van der Waals surface area contributed by atoms with E-state index in [2.05, 4.69) is 17.8 Å². The summed E-state index contributed by atoms with van der Waals surface area (Å²) < 4.78 is 0. The first-order valence-corrected chi connectivity index (χ1v) is 4.39. The molecule has 1 rings (SSSR count). The summed E-state index contributed by atoms with van der Waals surface area (Å²) in [5, 5.41) is 0. The van der Waals surface area contributed by atoms with Gasteiger partial charge in [-0.25, -0.2) is 0 Å². The van der Waals surface area contributed by atoms with Gasteiger partial charge in [0.1, 0.15) is 0 Å². The van der Waals surface area contributed by atoms with Gasteiger partial charge in [0.25, 0.3) is 0 Å². The molecule has 1 saturated carbocycles. The molecule has 10 heavy (non-hydrogen) atoms. The van der Waals surface area contributed by atoms with Gasteiger partial charge in [0.15, 0.2) is 0 Å². The molecule has 0 atom stereocenters. The zero-order valence-corrected chi connectivity index (χ0v) is 6.82. The van der Waals surface area contributed by atoms with Crippen molar-refractivity contribution in [2.24, 2.45) is 5.92 Å². The minimum Gasteiger partial charge on any atom is -0.258 e. The van der Waals surface area contributed by atoms with Crippen LogP contribution in [0, 0.1) is 5.92 Å². The maximum atomic E-state index is 3.23. The third-order valence-electron chi connectivity index (χ3n) is 2.17. The third kappa shape index (κ3) is 2.67. The minimum atomic E-state index is 0.944. The van der Waals surface area contributed by atoms with Gasteiger partial charge in [-0.05, 0) is 18.8 Å². The van der Waals surface area contributed by atoms with Crippen LogP contribution in [0.25, 0.3) is 0 Å². The predicted molar refractivity (Wildman–Crippen MR) is 43.6 cm³/mol. The zero-order chi connectivity index (χ0) is 7.23. The topological polar surface area (TPSA) is 24.1 Å². The molecule has 0 bridgehead atoms. The molecular formula is C8H18N2. The summed E-state index contributed by atoms with van der Waals surface area (Å²) in [6.45, 7) is 4.29. The lowest BCUT2D eigenvalue weighted by molar-refractivity contribution is 0.441. The molecule has 0 aliphatic heterocycles.